The molecule has 2 aromatic rings. The van der Waals surface area contributed by atoms with Gasteiger partial charge < -0.3 is 0 Å². The monoisotopic (exact) mass is 382 g/mol. The van der Waals surface area contributed by atoms with E-state index in [9.17, 15) is 8.78 Å². The zero-order valence-electron chi connectivity index (χ0n) is 7.42. The summed E-state index contributed by atoms with van der Waals surface area (Å²) in [5, 5.41) is 0. The van der Waals surface area contributed by atoms with Crippen LogP contribution in [0.1, 0.15) is 0 Å². The molecule has 0 unspecified atom stereocenters. The van der Waals surface area contributed by atoms with Crippen molar-refractivity contribution >= 4 is 0 Å². The van der Waals surface area contributed by atoms with Gasteiger partial charge in [-0.05, 0) is 0 Å². The predicted molar refractivity (Wildman–Crippen MR) is 47.3 cm³/mol. The van der Waals surface area contributed by atoms with Crippen molar-refractivity contribution in [1.29, 1.82) is 0 Å². The number of rotatable bonds is 1. The molecule has 0 saturated heterocycles. The molecule has 0 aliphatic rings. The van der Waals surface area contributed by atoms with Crippen LogP contribution in [0.5, 0.6) is 0 Å². The van der Waals surface area contributed by atoms with Gasteiger partial charge in [-0.25, -0.2) is 9.95 Å². The first-order valence-corrected chi connectivity index (χ1v) is 3.98. The summed E-state index contributed by atoms with van der Waals surface area (Å²) in [4.78, 5) is 3.07. The fourth-order valence-corrected chi connectivity index (χ4v) is 1.11. The van der Waals surface area contributed by atoms with Crippen molar-refractivity contribution in [2.45, 2.75) is 0 Å². The van der Waals surface area contributed by atoms with Crippen LogP contribution in [0.2, 0.25) is 0 Å². The number of pyridine rings is 1. The van der Waals surface area contributed by atoms with Gasteiger partial charge in [0.1, 0.15) is 5.95 Å². The molecule has 0 aliphatic heterocycles. The summed E-state index contributed by atoms with van der Waals surface area (Å²) >= 11 is 0. The fraction of sp³-hybridized carbons (Fsp3) is 0. The smallest absolute Gasteiger partial charge is 0.126 e. The van der Waals surface area contributed by atoms with Crippen molar-refractivity contribution in [2.75, 3.05) is 0 Å². The van der Waals surface area contributed by atoms with Crippen molar-refractivity contribution in [3.05, 3.63) is 54.4 Å². The second-order valence-corrected chi connectivity index (χ2v) is 2.67. The number of aromatic nitrogens is 1. The van der Waals surface area contributed by atoms with Crippen molar-refractivity contribution in [3.8, 4) is 11.1 Å². The normalized spacial score (nSPS) is 9.47. The van der Waals surface area contributed by atoms with Gasteiger partial charge in [0.05, 0.1) is 5.95 Å². The third kappa shape index (κ3) is 2.67. The second kappa shape index (κ2) is 5.10. The molecule has 2 rings (SSSR count). The van der Waals surface area contributed by atoms with Crippen LogP contribution in [-0.2, 0) is 20.1 Å². The van der Waals surface area contributed by atoms with Crippen molar-refractivity contribution in [1.82, 2.24) is 4.98 Å². The van der Waals surface area contributed by atoms with Gasteiger partial charge in [-0.3, -0.25) is 9.37 Å². The van der Waals surface area contributed by atoms with Crippen molar-refractivity contribution in [3.63, 3.8) is 0 Å². The van der Waals surface area contributed by atoms with E-state index in [0.29, 0.717) is 5.56 Å². The van der Waals surface area contributed by atoms with Crippen LogP contribution >= 0.6 is 0 Å². The minimum absolute atomic E-state index is 0. The first-order chi connectivity index (χ1) is 6.77. The molecule has 4 heteroatoms. The van der Waals surface area contributed by atoms with Crippen LogP contribution in [0, 0.1) is 24.0 Å². The van der Waals surface area contributed by atoms with Crippen LogP contribution in [0.15, 0.2) is 30.3 Å². The maximum Gasteiger partial charge on any atom is 0.126 e. The summed E-state index contributed by atoms with van der Waals surface area (Å²) in [6.07, 6.45) is 0. The molecule has 0 fully saturated rings. The fourth-order valence-electron chi connectivity index (χ4n) is 1.11. The summed E-state index contributed by atoms with van der Waals surface area (Å²) in [7, 11) is 0. The van der Waals surface area contributed by atoms with Crippen LogP contribution < -0.4 is 0 Å². The van der Waals surface area contributed by atoms with Crippen molar-refractivity contribution < 1.29 is 28.9 Å². The molecule has 1 aromatic heterocycles. The Morgan fingerprint density at radius 1 is 1.13 bits per heavy atom. The number of hydrogen-bond acceptors (Lipinski definition) is 1. The molecule has 0 aliphatic carbocycles. The predicted octanol–water partition coefficient (Wildman–Crippen LogP) is 2.62. The van der Waals surface area contributed by atoms with E-state index >= 15 is 0 Å². The topological polar surface area (TPSA) is 12.9 Å². The molecular formula is C11H5F2IrN-2. The standard InChI is InChI=1S/C11H5F2N.Ir/c12-10-7-6-9(11(13)14-10)8-4-2-1-3-5-8;/h1-4,7H;/q-2;. The molecule has 1 aromatic carbocycles. The largest absolute Gasteiger partial charge is 0.299 e. The van der Waals surface area contributed by atoms with Crippen molar-refractivity contribution in [2.24, 2.45) is 0 Å². The minimum Gasteiger partial charge on any atom is -0.299 e. The number of nitrogens with zero attached hydrogens (tertiary/aromatic N) is 1. The maximum absolute atomic E-state index is 13.1. The van der Waals surface area contributed by atoms with E-state index in [1.807, 2.05) is 0 Å². The van der Waals surface area contributed by atoms with Gasteiger partial charge in [0.25, 0.3) is 0 Å². The number of hydrogen-bond donors (Lipinski definition) is 0. The number of halogens is 2. The Kier molecular flexibility index (Phi) is 4.06. The third-order valence-electron chi connectivity index (χ3n) is 1.73. The molecular weight excluding hydrogens is 376 g/mol. The minimum atomic E-state index is -0.873. The summed E-state index contributed by atoms with van der Waals surface area (Å²) in [6.45, 7) is 0. The quantitative estimate of drug-likeness (QED) is 0.547. The van der Waals surface area contributed by atoms with Crippen LogP contribution in [0.4, 0.5) is 8.78 Å². The molecule has 0 saturated carbocycles. The van der Waals surface area contributed by atoms with E-state index in [2.05, 4.69) is 17.1 Å². The molecule has 0 spiro atoms. The first kappa shape index (κ1) is 12.0. The van der Waals surface area contributed by atoms with Gasteiger partial charge in [-0.2, -0.15) is 35.9 Å². The Morgan fingerprint density at radius 3 is 2.53 bits per heavy atom. The molecule has 79 valence electrons. The summed E-state index contributed by atoms with van der Waals surface area (Å²) < 4.78 is 25.6. The third-order valence-corrected chi connectivity index (χ3v) is 1.73. The molecule has 0 N–H and O–H groups in total. The van der Waals surface area contributed by atoms with Gasteiger partial charge in [-0.1, -0.05) is 0 Å². The molecule has 15 heavy (non-hydrogen) atoms. The molecule has 0 bridgehead atoms. The Morgan fingerprint density at radius 2 is 1.93 bits per heavy atom. The summed E-state index contributed by atoms with van der Waals surface area (Å²) in [6, 6.07) is 13.1. The van der Waals surface area contributed by atoms with Crippen LogP contribution in [-0.4, -0.2) is 4.98 Å². The van der Waals surface area contributed by atoms with Gasteiger partial charge in [0, 0.05) is 20.1 Å². The average Bonchev–Trinajstić information content (AvgIpc) is 2.19. The Bertz CT molecular complexity index is 446. The van der Waals surface area contributed by atoms with Crippen LogP contribution in [0.25, 0.3) is 11.1 Å². The van der Waals surface area contributed by atoms with E-state index in [1.54, 1.807) is 24.3 Å². The van der Waals surface area contributed by atoms with Gasteiger partial charge in [0.15, 0.2) is 0 Å². The zero-order valence-corrected chi connectivity index (χ0v) is 9.82. The first-order valence-electron chi connectivity index (χ1n) is 3.98. The molecule has 1 heterocycles. The zero-order chi connectivity index (χ0) is 9.97. The van der Waals surface area contributed by atoms with Crippen LogP contribution in [0.3, 0.4) is 0 Å². The summed E-state index contributed by atoms with van der Waals surface area (Å²) in [5.41, 5.74) is 0.643. The molecule has 0 atom stereocenters. The maximum atomic E-state index is 13.1. The van der Waals surface area contributed by atoms with E-state index < -0.39 is 11.9 Å². The van der Waals surface area contributed by atoms with E-state index in [-0.39, 0.29) is 25.7 Å². The second-order valence-electron chi connectivity index (χ2n) is 2.67. The Balaban J connectivity index is 0.00000112. The molecule has 0 amide bonds. The van der Waals surface area contributed by atoms with E-state index in [1.165, 1.54) is 0 Å². The average molecular weight is 381 g/mol. The molecule has 1 radical (unpaired) electrons. The van der Waals surface area contributed by atoms with Gasteiger partial charge in [-0.15, -0.1) is 12.1 Å². The van der Waals surface area contributed by atoms with Gasteiger partial charge in [0.2, 0.25) is 0 Å². The van der Waals surface area contributed by atoms with E-state index in [4.69, 9.17) is 0 Å². The summed E-state index contributed by atoms with van der Waals surface area (Å²) in [5.74, 6) is -1.74. The molecule has 1 nitrogen and oxygen atoms in total. The Labute approximate surface area is 99.5 Å². The SMILES string of the molecule is Fc1c[c-]c(-c2[c-]cccc2)c(F)n1.[Ir]. The number of benzene rings is 1. The Hall–Kier alpha value is -1.12. The van der Waals surface area contributed by atoms with E-state index in [0.717, 1.165) is 6.07 Å². The van der Waals surface area contributed by atoms with Gasteiger partial charge >= 0.3 is 0 Å².